The largest absolute Gasteiger partial charge is 0.496 e. The molecule has 3 rings (SSSR count). The third-order valence-corrected chi connectivity index (χ3v) is 5.50. The summed E-state index contributed by atoms with van der Waals surface area (Å²) in [5.41, 5.74) is 2.33. The highest BCUT2D eigenvalue weighted by molar-refractivity contribution is 6.31. The van der Waals surface area contributed by atoms with Crippen molar-refractivity contribution in [1.29, 1.82) is 0 Å². The Bertz CT molecular complexity index is 1030. The fourth-order valence-electron chi connectivity index (χ4n) is 3.53. The second kappa shape index (κ2) is 10.2. The van der Waals surface area contributed by atoms with Crippen LogP contribution in [-0.4, -0.2) is 34.0 Å². The van der Waals surface area contributed by atoms with Gasteiger partial charge in [0.2, 0.25) is 0 Å². The quantitative estimate of drug-likeness (QED) is 0.391. The fourth-order valence-corrected chi connectivity index (χ4v) is 3.87. The van der Waals surface area contributed by atoms with Gasteiger partial charge in [0.1, 0.15) is 11.6 Å². The number of carbonyl (C=O) groups is 1. The zero-order valence-corrected chi connectivity index (χ0v) is 19.1. The van der Waals surface area contributed by atoms with Crippen LogP contribution in [0.25, 0.3) is 11.0 Å². The summed E-state index contributed by atoms with van der Waals surface area (Å²) in [6, 6.07) is 10.8. The van der Waals surface area contributed by atoms with Gasteiger partial charge in [-0.2, -0.15) is 0 Å². The van der Waals surface area contributed by atoms with E-state index in [0.717, 1.165) is 42.7 Å². The van der Waals surface area contributed by atoms with E-state index in [-0.39, 0.29) is 5.91 Å². The first-order chi connectivity index (χ1) is 14.5. The molecule has 0 N–H and O–H groups in total. The molecule has 0 spiro atoms. The minimum atomic E-state index is -0.115. The number of unbranched alkanes of at least 4 members (excludes halogenated alkanes) is 1. The summed E-state index contributed by atoms with van der Waals surface area (Å²) in [6.45, 7) is 6.07. The number of aromatic nitrogens is 2. The number of rotatable bonds is 9. The summed E-state index contributed by atoms with van der Waals surface area (Å²) in [4.78, 5) is 20.1. The lowest BCUT2D eigenvalue weighted by Gasteiger charge is -2.24. The Kier molecular flexibility index (Phi) is 7.62. The number of amides is 1. The van der Waals surface area contributed by atoms with E-state index in [0.29, 0.717) is 34.4 Å². The van der Waals surface area contributed by atoms with Crippen LogP contribution in [0, 0.1) is 0 Å². The van der Waals surface area contributed by atoms with Crippen LogP contribution >= 0.6 is 23.2 Å². The van der Waals surface area contributed by atoms with Crippen LogP contribution < -0.4 is 4.74 Å². The maximum Gasteiger partial charge on any atom is 0.258 e. The van der Waals surface area contributed by atoms with Crippen LogP contribution in [0.4, 0.5) is 0 Å². The number of imidazole rings is 1. The first-order valence-corrected chi connectivity index (χ1v) is 11.0. The molecule has 160 valence electrons. The van der Waals surface area contributed by atoms with Gasteiger partial charge in [-0.25, -0.2) is 4.98 Å². The van der Waals surface area contributed by atoms with Crippen molar-refractivity contribution in [2.75, 3.05) is 13.7 Å². The number of hydrogen-bond donors (Lipinski definition) is 0. The molecule has 0 unspecified atom stereocenters. The van der Waals surface area contributed by atoms with E-state index in [1.165, 1.54) is 0 Å². The molecule has 1 amide bonds. The van der Waals surface area contributed by atoms with Gasteiger partial charge < -0.3 is 14.2 Å². The Morgan fingerprint density at radius 3 is 2.53 bits per heavy atom. The van der Waals surface area contributed by atoms with Crippen molar-refractivity contribution in [3.8, 4) is 5.75 Å². The van der Waals surface area contributed by atoms with Crippen LogP contribution in [0.5, 0.6) is 5.75 Å². The van der Waals surface area contributed by atoms with Crippen molar-refractivity contribution in [3.05, 3.63) is 57.8 Å². The van der Waals surface area contributed by atoms with Crippen molar-refractivity contribution in [2.45, 2.75) is 46.2 Å². The van der Waals surface area contributed by atoms with E-state index in [1.807, 2.05) is 23.1 Å². The average molecular weight is 448 g/mol. The molecule has 0 bridgehead atoms. The van der Waals surface area contributed by atoms with Gasteiger partial charge in [0.25, 0.3) is 5.91 Å². The fraction of sp³-hybridized carbons (Fsp3) is 0.391. The zero-order chi connectivity index (χ0) is 21.7. The van der Waals surface area contributed by atoms with Gasteiger partial charge in [-0.15, -0.1) is 0 Å². The van der Waals surface area contributed by atoms with Gasteiger partial charge >= 0.3 is 0 Å². The monoisotopic (exact) mass is 447 g/mol. The highest BCUT2D eigenvalue weighted by Crippen LogP contribution is 2.26. The molecule has 0 aliphatic heterocycles. The number of aryl methyl sites for hydroxylation is 1. The molecular weight excluding hydrogens is 421 g/mol. The standard InChI is InChI=1S/C23H27Cl2N3O2/c1-4-6-12-27(23(29)18-13-16(24)8-10-21(18)30-3)15-22-26-19-9-7-17(25)14-20(19)28(22)11-5-2/h7-10,13-14H,4-6,11-12,15H2,1-3H3. The molecule has 0 radical (unpaired) electrons. The Balaban J connectivity index is 2.00. The van der Waals surface area contributed by atoms with Crippen molar-refractivity contribution < 1.29 is 9.53 Å². The van der Waals surface area contributed by atoms with Gasteiger partial charge in [0, 0.05) is 23.1 Å². The number of benzene rings is 2. The number of ether oxygens (including phenoxy) is 1. The number of hydrogen-bond acceptors (Lipinski definition) is 3. The van der Waals surface area contributed by atoms with Crippen LogP contribution in [0.3, 0.4) is 0 Å². The predicted octanol–water partition coefficient (Wildman–Crippen LogP) is 6.20. The lowest BCUT2D eigenvalue weighted by atomic mass is 10.1. The van der Waals surface area contributed by atoms with Gasteiger partial charge in [0.05, 0.1) is 30.3 Å². The molecule has 0 aliphatic rings. The second-order valence-electron chi connectivity index (χ2n) is 7.24. The lowest BCUT2D eigenvalue weighted by molar-refractivity contribution is 0.0731. The summed E-state index contributed by atoms with van der Waals surface area (Å²) in [5.74, 6) is 1.25. The Morgan fingerprint density at radius 1 is 1.10 bits per heavy atom. The van der Waals surface area contributed by atoms with Crippen molar-refractivity contribution in [2.24, 2.45) is 0 Å². The molecule has 1 aromatic heterocycles. The van der Waals surface area contributed by atoms with Crippen LogP contribution in [0.1, 0.15) is 49.3 Å². The molecule has 0 atom stereocenters. The van der Waals surface area contributed by atoms with Gasteiger partial charge in [-0.1, -0.05) is 43.5 Å². The number of methoxy groups -OCH3 is 1. The molecule has 3 aromatic rings. The van der Waals surface area contributed by atoms with E-state index in [2.05, 4.69) is 18.4 Å². The van der Waals surface area contributed by atoms with Crippen molar-refractivity contribution >= 4 is 40.1 Å². The van der Waals surface area contributed by atoms with Gasteiger partial charge in [-0.3, -0.25) is 4.79 Å². The van der Waals surface area contributed by atoms with Gasteiger partial charge in [0.15, 0.2) is 0 Å². The first kappa shape index (κ1) is 22.4. The summed E-state index contributed by atoms with van der Waals surface area (Å²) in [6.07, 6.45) is 2.84. The molecule has 0 saturated carbocycles. The molecule has 7 heteroatoms. The van der Waals surface area contributed by atoms with Crippen molar-refractivity contribution in [3.63, 3.8) is 0 Å². The van der Waals surface area contributed by atoms with Gasteiger partial charge in [-0.05, 0) is 49.2 Å². The summed E-state index contributed by atoms with van der Waals surface area (Å²) >= 11 is 12.4. The topological polar surface area (TPSA) is 47.4 Å². The minimum Gasteiger partial charge on any atom is -0.496 e. The number of fused-ring (bicyclic) bond motifs is 1. The molecular formula is C23H27Cl2N3O2. The number of carbonyl (C=O) groups excluding carboxylic acids is 1. The second-order valence-corrected chi connectivity index (χ2v) is 8.11. The molecule has 0 aliphatic carbocycles. The molecule has 1 heterocycles. The Morgan fingerprint density at radius 2 is 1.83 bits per heavy atom. The van der Waals surface area contributed by atoms with E-state index in [9.17, 15) is 4.79 Å². The average Bonchev–Trinajstić information content (AvgIpc) is 3.07. The lowest BCUT2D eigenvalue weighted by Crippen LogP contribution is -2.33. The molecule has 0 saturated heterocycles. The normalized spacial score (nSPS) is 11.1. The number of nitrogens with zero attached hydrogens (tertiary/aromatic N) is 3. The molecule has 0 fully saturated rings. The van der Waals surface area contributed by atoms with E-state index >= 15 is 0 Å². The SMILES string of the molecule is CCCCN(Cc1nc2ccc(Cl)cc2n1CCC)C(=O)c1cc(Cl)ccc1OC. The van der Waals surface area contributed by atoms with E-state index in [4.69, 9.17) is 32.9 Å². The van der Waals surface area contributed by atoms with Crippen LogP contribution in [-0.2, 0) is 13.1 Å². The third-order valence-electron chi connectivity index (χ3n) is 5.03. The zero-order valence-electron chi connectivity index (χ0n) is 17.6. The van der Waals surface area contributed by atoms with Crippen molar-refractivity contribution in [1.82, 2.24) is 14.5 Å². The maximum atomic E-state index is 13.5. The Hall–Kier alpha value is -2.24. The summed E-state index contributed by atoms with van der Waals surface area (Å²) in [5, 5.41) is 1.18. The molecule has 30 heavy (non-hydrogen) atoms. The Labute approximate surface area is 187 Å². The predicted molar refractivity (Wildman–Crippen MR) is 123 cm³/mol. The van der Waals surface area contributed by atoms with Crippen LogP contribution in [0.15, 0.2) is 36.4 Å². The minimum absolute atomic E-state index is 0.115. The third kappa shape index (κ3) is 4.90. The first-order valence-electron chi connectivity index (χ1n) is 10.3. The maximum absolute atomic E-state index is 13.5. The highest BCUT2D eigenvalue weighted by Gasteiger charge is 2.22. The smallest absolute Gasteiger partial charge is 0.258 e. The highest BCUT2D eigenvalue weighted by atomic mass is 35.5. The summed E-state index contributed by atoms with van der Waals surface area (Å²) in [7, 11) is 1.56. The van der Waals surface area contributed by atoms with E-state index in [1.54, 1.807) is 25.3 Å². The molecule has 2 aromatic carbocycles. The van der Waals surface area contributed by atoms with E-state index < -0.39 is 0 Å². The van der Waals surface area contributed by atoms with Crippen LogP contribution in [0.2, 0.25) is 10.0 Å². The number of halogens is 2. The summed E-state index contributed by atoms with van der Waals surface area (Å²) < 4.78 is 7.56. The molecule has 5 nitrogen and oxygen atoms in total.